The first-order valence-corrected chi connectivity index (χ1v) is 7.67. The van der Waals surface area contributed by atoms with Crippen LogP contribution in [0.4, 0.5) is 9.18 Å². The van der Waals surface area contributed by atoms with Crippen LogP contribution in [-0.4, -0.2) is 16.8 Å². The molecule has 0 aliphatic carbocycles. The SMILES string of the molecule is O=C1N/C(=C/c2ccccc2F)C(=O)N1Cc1ccc(Br)cc1. The van der Waals surface area contributed by atoms with Gasteiger partial charge in [-0.1, -0.05) is 46.3 Å². The number of hydrogen-bond acceptors (Lipinski definition) is 2. The molecule has 0 unspecified atom stereocenters. The van der Waals surface area contributed by atoms with Crippen molar-refractivity contribution in [2.75, 3.05) is 0 Å². The highest BCUT2D eigenvalue weighted by atomic mass is 79.9. The van der Waals surface area contributed by atoms with Crippen molar-refractivity contribution < 1.29 is 14.0 Å². The van der Waals surface area contributed by atoms with E-state index in [2.05, 4.69) is 21.2 Å². The van der Waals surface area contributed by atoms with Crippen molar-refractivity contribution in [3.63, 3.8) is 0 Å². The minimum Gasteiger partial charge on any atom is -0.303 e. The average Bonchev–Trinajstić information content (AvgIpc) is 2.79. The minimum absolute atomic E-state index is 0.0669. The van der Waals surface area contributed by atoms with Gasteiger partial charge in [0.15, 0.2) is 0 Å². The second-order valence-electron chi connectivity index (χ2n) is 5.03. The number of carbonyl (C=O) groups excluding carboxylic acids is 2. The Hall–Kier alpha value is -2.47. The summed E-state index contributed by atoms with van der Waals surface area (Å²) in [5, 5.41) is 2.48. The van der Waals surface area contributed by atoms with E-state index in [-0.39, 0.29) is 17.8 Å². The summed E-state index contributed by atoms with van der Waals surface area (Å²) >= 11 is 3.33. The zero-order valence-corrected chi connectivity index (χ0v) is 13.5. The summed E-state index contributed by atoms with van der Waals surface area (Å²) in [7, 11) is 0. The van der Waals surface area contributed by atoms with Gasteiger partial charge in [0.2, 0.25) is 0 Å². The molecule has 1 N–H and O–H groups in total. The maximum atomic E-state index is 13.7. The number of carbonyl (C=O) groups is 2. The number of rotatable bonds is 3. The predicted molar refractivity (Wildman–Crippen MR) is 87.6 cm³/mol. The Kier molecular flexibility index (Phi) is 4.25. The van der Waals surface area contributed by atoms with E-state index in [0.717, 1.165) is 14.9 Å². The molecule has 1 heterocycles. The van der Waals surface area contributed by atoms with Crippen LogP contribution in [0.25, 0.3) is 6.08 Å². The van der Waals surface area contributed by atoms with Crippen molar-refractivity contribution >= 4 is 33.9 Å². The summed E-state index contributed by atoms with van der Waals surface area (Å²) in [6.07, 6.45) is 1.34. The quantitative estimate of drug-likeness (QED) is 0.657. The van der Waals surface area contributed by atoms with Gasteiger partial charge in [0.25, 0.3) is 5.91 Å². The van der Waals surface area contributed by atoms with Gasteiger partial charge in [0, 0.05) is 10.0 Å². The molecule has 0 spiro atoms. The molecule has 2 aromatic carbocycles. The van der Waals surface area contributed by atoms with Crippen molar-refractivity contribution in [1.29, 1.82) is 0 Å². The normalized spacial score (nSPS) is 16.1. The number of amides is 3. The lowest BCUT2D eigenvalue weighted by atomic mass is 10.1. The van der Waals surface area contributed by atoms with Gasteiger partial charge in [-0.15, -0.1) is 0 Å². The van der Waals surface area contributed by atoms with Crippen LogP contribution in [0.5, 0.6) is 0 Å². The molecule has 0 saturated carbocycles. The molecule has 0 aromatic heterocycles. The van der Waals surface area contributed by atoms with Gasteiger partial charge >= 0.3 is 6.03 Å². The monoisotopic (exact) mass is 374 g/mol. The Bertz CT molecular complexity index is 802. The summed E-state index contributed by atoms with van der Waals surface area (Å²) in [4.78, 5) is 25.4. The molecule has 1 aliphatic heterocycles. The lowest BCUT2D eigenvalue weighted by Gasteiger charge is -2.11. The van der Waals surface area contributed by atoms with Gasteiger partial charge in [-0.2, -0.15) is 0 Å². The van der Waals surface area contributed by atoms with Gasteiger partial charge in [-0.3, -0.25) is 9.69 Å². The molecule has 1 aliphatic rings. The van der Waals surface area contributed by atoms with E-state index in [9.17, 15) is 14.0 Å². The first-order chi connectivity index (χ1) is 11.0. The maximum Gasteiger partial charge on any atom is 0.329 e. The van der Waals surface area contributed by atoms with E-state index >= 15 is 0 Å². The summed E-state index contributed by atoms with van der Waals surface area (Å²) in [6, 6.07) is 12.9. The van der Waals surface area contributed by atoms with Crippen LogP contribution in [0.15, 0.2) is 58.7 Å². The smallest absolute Gasteiger partial charge is 0.303 e. The third kappa shape index (κ3) is 3.32. The van der Waals surface area contributed by atoms with Crippen molar-refractivity contribution in [1.82, 2.24) is 10.2 Å². The number of nitrogens with zero attached hydrogens (tertiary/aromatic N) is 1. The predicted octanol–water partition coefficient (Wildman–Crippen LogP) is 3.68. The molecule has 0 atom stereocenters. The molecule has 3 amide bonds. The van der Waals surface area contributed by atoms with Crippen LogP contribution >= 0.6 is 15.9 Å². The molecule has 0 bridgehead atoms. The molecule has 3 rings (SSSR count). The Morgan fingerprint density at radius 2 is 1.78 bits per heavy atom. The topological polar surface area (TPSA) is 49.4 Å². The second kappa shape index (κ2) is 6.34. The molecule has 116 valence electrons. The number of urea groups is 1. The number of halogens is 2. The highest BCUT2D eigenvalue weighted by Crippen LogP contribution is 2.19. The number of imide groups is 1. The van der Waals surface area contributed by atoms with Crippen molar-refractivity contribution in [3.8, 4) is 0 Å². The van der Waals surface area contributed by atoms with Crippen molar-refractivity contribution in [3.05, 3.63) is 75.6 Å². The lowest BCUT2D eigenvalue weighted by molar-refractivity contribution is -0.123. The van der Waals surface area contributed by atoms with Crippen molar-refractivity contribution in [2.45, 2.75) is 6.54 Å². The van der Waals surface area contributed by atoms with E-state index in [4.69, 9.17) is 0 Å². The zero-order valence-electron chi connectivity index (χ0n) is 11.9. The van der Waals surface area contributed by atoms with Crippen LogP contribution in [0.3, 0.4) is 0 Å². The van der Waals surface area contributed by atoms with E-state index in [1.807, 2.05) is 24.3 Å². The third-order valence-electron chi connectivity index (χ3n) is 3.42. The molecule has 4 nitrogen and oxygen atoms in total. The number of benzene rings is 2. The molecule has 0 radical (unpaired) electrons. The Labute approximate surface area is 140 Å². The van der Waals surface area contributed by atoms with Gasteiger partial charge in [0.1, 0.15) is 11.5 Å². The lowest BCUT2D eigenvalue weighted by Crippen LogP contribution is -2.30. The van der Waals surface area contributed by atoms with E-state index in [1.165, 1.54) is 12.1 Å². The molecular formula is C17H12BrFN2O2. The van der Waals surface area contributed by atoms with Crippen LogP contribution < -0.4 is 5.32 Å². The van der Waals surface area contributed by atoms with Crippen LogP contribution in [-0.2, 0) is 11.3 Å². The van der Waals surface area contributed by atoms with E-state index in [0.29, 0.717) is 0 Å². The van der Waals surface area contributed by atoms with E-state index in [1.54, 1.807) is 18.2 Å². The van der Waals surface area contributed by atoms with Gasteiger partial charge in [0.05, 0.1) is 6.54 Å². The number of hydrogen-bond donors (Lipinski definition) is 1. The van der Waals surface area contributed by atoms with Crippen LogP contribution in [0.1, 0.15) is 11.1 Å². The summed E-state index contributed by atoms with van der Waals surface area (Å²) in [5.74, 6) is -0.922. The van der Waals surface area contributed by atoms with Gasteiger partial charge in [-0.25, -0.2) is 9.18 Å². The first-order valence-electron chi connectivity index (χ1n) is 6.88. The van der Waals surface area contributed by atoms with Crippen LogP contribution in [0, 0.1) is 5.82 Å². The molecule has 1 saturated heterocycles. The Morgan fingerprint density at radius 1 is 1.09 bits per heavy atom. The maximum absolute atomic E-state index is 13.7. The zero-order chi connectivity index (χ0) is 16.4. The second-order valence-corrected chi connectivity index (χ2v) is 5.94. The molecular weight excluding hydrogens is 363 g/mol. The first kappa shape index (κ1) is 15.4. The van der Waals surface area contributed by atoms with Crippen molar-refractivity contribution in [2.24, 2.45) is 0 Å². The molecule has 23 heavy (non-hydrogen) atoms. The van der Waals surface area contributed by atoms with Gasteiger partial charge < -0.3 is 5.32 Å². The van der Waals surface area contributed by atoms with E-state index < -0.39 is 17.8 Å². The fraction of sp³-hybridized carbons (Fsp3) is 0.0588. The third-order valence-corrected chi connectivity index (χ3v) is 3.95. The highest BCUT2D eigenvalue weighted by molar-refractivity contribution is 9.10. The fourth-order valence-electron chi connectivity index (χ4n) is 2.24. The van der Waals surface area contributed by atoms with Gasteiger partial charge in [-0.05, 0) is 29.8 Å². The number of nitrogens with one attached hydrogen (secondary N) is 1. The average molecular weight is 375 g/mol. The highest BCUT2D eigenvalue weighted by Gasteiger charge is 2.33. The minimum atomic E-state index is -0.513. The molecule has 2 aromatic rings. The Morgan fingerprint density at radius 3 is 2.48 bits per heavy atom. The largest absolute Gasteiger partial charge is 0.329 e. The molecule has 6 heteroatoms. The summed E-state index contributed by atoms with van der Waals surface area (Å²) < 4.78 is 14.6. The Balaban J connectivity index is 1.82. The fourth-order valence-corrected chi connectivity index (χ4v) is 2.50. The molecule has 1 fully saturated rings. The summed E-state index contributed by atoms with van der Waals surface area (Å²) in [5.41, 5.74) is 1.14. The summed E-state index contributed by atoms with van der Waals surface area (Å²) in [6.45, 7) is 0.159. The standard InChI is InChI=1S/C17H12BrFN2O2/c18-13-7-5-11(6-8-13)10-21-16(22)15(20-17(21)23)9-12-3-1-2-4-14(12)19/h1-9H,10H2,(H,20,23)/b15-9+. The van der Waals surface area contributed by atoms with Crippen LogP contribution in [0.2, 0.25) is 0 Å².